The van der Waals surface area contributed by atoms with Crippen molar-refractivity contribution < 1.29 is 5.11 Å². The third-order valence-electron chi connectivity index (χ3n) is 6.21. The highest BCUT2D eigenvalue weighted by Crippen LogP contribution is 2.51. The van der Waals surface area contributed by atoms with E-state index in [1.165, 1.54) is 0 Å². The molecule has 1 aromatic carbocycles. The van der Waals surface area contributed by atoms with Crippen LogP contribution >= 0.6 is 0 Å². The van der Waals surface area contributed by atoms with Gasteiger partial charge in [-0.05, 0) is 38.3 Å². The molecule has 0 saturated carbocycles. The summed E-state index contributed by atoms with van der Waals surface area (Å²) in [5.74, 6) is -0.312. The first-order chi connectivity index (χ1) is 11.1. The van der Waals surface area contributed by atoms with Gasteiger partial charge in [0, 0.05) is 24.1 Å². The molecule has 0 radical (unpaired) electrons. The molecule has 0 aliphatic carbocycles. The Morgan fingerprint density at radius 2 is 2.17 bits per heavy atom. The van der Waals surface area contributed by atoms with Gasteiger partial charge < -0.3 is 10.0 Å². The predicted molar refractivity (Wildman–Crippen MR) is 89.6 cm³/mol. The summed E-state index contributed by atoms with van der Waals surface area (Å²) in [5, 5.41) is 21.5. The largest absolute Gasteiger partial charge is 0.379 e. The van der Waals surface area contributed by atoms with Crippen molar-refractivity contribution >= 4 is 11.4 Å². The van der Waals surface area contributed by atoms with Crippen molar-refractivity contribution in [3.05, 3.63) is 29.8 Å². The van der Waals surface area contributed by atoms with Crippen molar-refractivity contribution in [1.29, 1.82) is 5.26 Å². The van der Waals surface area contributed by atoms with Crippen LogP contribution in [0.25, 0.3) is 0 Å². The quantitative estimate of drug-likeness (QED) is 0.867. The van der Waals surface area contributed by atoms with E-state index < -0.39 is 5.60 Å². The predicted octanol–water partition coefficient (Wildman–Crippen LogP) is 3.00. The number of hydrogen-bond donors (Lipinski definition) is 1. The van der Waals surface area contributed by atoms with Crippen LogP contribution in [-0.4, -0.2) is 35.4 Å². The van der Waals surface area contributed by atoms with Gasteiger partial charge in [0.1, 0.15) is 5.60 Å². The Morgan fingerprint density at radius 3 is 2.96 bits per heavy atom. The van der Waals surface area contributed by atoms with Crippen molar-refractivity contribution in [3.63, 3.8) is 0 Å². The smallest absolute Gasteiger partial charge is 0.132 e. The van der Waals surface area contributed by atoms with Crippen molar-refractivity contribution in [2.24, 2.45) is 16.3 Å². The summed E-state index contributed by atoms with van der Waals surface area (Å²) < 4.78 is 0. The number of aliphatic hydroxyl groups is 1. The number of aliphatic imine (C=N–C) groups is 1. The fraction of sp³-hybridized carbons (Fsp3) is 0.579. The van der Waals surface area contributed by atoms with E-state index in [1.54, 1.807) is 0 Å². The van der Waals surface area contributed by atoms with E-state index in [-0.39, 0.29) is 11.3 Å². The Kier molecular flexibility index (Phi) is 3.33. The fourth-order valence-corrected chi connectivity index (χ4v) is 4.83. The summed E-state index contributed by atoms with van der Waals surface area (Å²) >= 11 is 0. The van der Waals surface area contributed by atoms with Crippen LogP contribution in [0, 0.1) is 22.7 Å². The third kappa shape index (κ3) is 2.00. The van der Waals surface area contributed by atoms with Crippen molar-refractivity contribution in [2.45, 2.75) is 38.2 Å². The summed E-state index contributed by atoms with van der Waals surface area (Å²) in [6, 6.07) is 10.3. The number of rotatable bonds is 1. The van der Waals surface area contributed by atoms with Crippen LogP contribution in [0.5, 0.6) is 0 Å². The average molecular weight is 309 g/mol. The molecule has 4 heteroatoms. The summed E-state index contributed by atoms with van der Waals surface area (Å²) in [6.07, 6.45) is 3.75. The number of nitriles is 1. The van der Waals surface area contributed by atoms with Crippen molar-refractivity contribution in [3.8, 4) is 6.07 Å². The second-order valence-corrected chi connectivity index (χ2v) is 7.28. The van der Waals surface area contributed by atoms with Crippen LogP contribution in [0.1, 0.15) is 38.2 Å². The van der Waals surface area contributed by atoms with E-state index in [0.29, 0.717) is 12.1 Å². The highest BCUT2D eigenvalue weighted by Gasteiger charge is 2.54. The molecule has 2 unspecified atom stereocenters. The molecule has 23 heavy (non-hydrogen) atoms. The Balaban J connectivity index is 1.89. The Morgan fingerprint density at radius 1 is 1.35 bits per heavy atom. The maximum Gasteiger partial charge on any atom is 0.132 e. The molecule has 2 saturated heterocycles. The lowest BCUT2D eigenvalue weighted by Crippen LogP contribution is -2.55. The molecule has 0 aromatic heterocycles. The second kappa shape index (κ2) is 5.15. The van der Waals surface area contributed by atoms with Gasteiger partial charge >= 0.3 is 0 Å². The molecule has 0 spiro atoms. The zero-order valence-electron chi connectivity index (χ0n) is 13.6. The van der Waals surface area contributed by atoms with Crippen molar-refractivity contribution in [1.82, 2.24) is 4.90 Å². The first-order valence-electron chi connectivity index (χ1n) is 8.66. The van der Waals surface area contributed by atoms with Gasteiger partial charge in [-0.15, -0.1) is 0 Å². The summed E-state index contributed by atoms with van der Waals surface area (Å²) in [4.78, 5) is 7.20. The molecule has 2 fully saturated rings. The molecule has 3 aliphatic rings. The van der Waals surface area contributed by atoms with Gasteiger partial charge in [0.15, 0.2) is 0 Å². The Bertz CT molecular complexity index is 707. The third-order valence-corrected chi connectivity index (χ3v) is 6.21. The number of benzene rings is 1. The molecule has 4 rings (SSSR count). The SMILES string of the molecule is CC[C@]12CCCN(CCC3(O)C(=Nc4ccccc43)[C@H]1C#N)C2. The zero-order chi connectivity index (χ0) is 16.1. The van der Waals surface area contributed by atoms with Gasteiger partial charge in [0.25, 0.3) is 0 Å². The fourth-order valence-electron chi connectivity index (χ4n) is 4.83. The molecular formula is C19H23N3O. The van der Waals surface area contributed by atoms with E-state index in [2.05, 4.69) is 17.9 Å². The van der Waals surface area contributed by atoms with E-state index in [1.807, 2.05) is 24.3 Å². The number of piperidine rings is 1. The Labute approximate surface area is 137 Å². The van der Waals surface area contributed by atoms with E-state index in [0.717, 1.165) is 50.1 Å². The van der Waals surface area contributed by atoms with Crippen LogP contribution in [0.3, 0.4) is 0 Å². The van der Waals surface area contributed by atoms with E-state index >= 15 is 0 Å². The molecule has 1 N–H and O–H groups in total. The van der Waals surface area contributed by atoms with Gasteiger partial charge in [-0.3, -0.25) is 4.99 Å². The molecular weight excluding hydrogens is 286 g/mol. The minimum absolute atomic E-state index is 0.0811. The van der Waals surface area contributed by atoms with Gasteiger partial charge in [-0.25, -0.2) is 0 Å². The highest BCUT2D eigenvalue weighted by atomic mass is 16.3. The number of fused-ring (bicyclic) bond motifs is 5. The monoisotopic (exact) mass is 309 g/mol. The lowest BCUT2D eigenvalue weighted by atomic mass is 9.62. The topological polar surface area (TPSA) is 59.6 Å². The summed E-state index contributed by atoms with van der Waals surface area (Å²) in [5.41, 5.74) is 1.26. The van der Waals surface area contributed by atoms with Gasteiger partial charge in [-0.1, -0.05) is 25.1 Å². The lowest BCUT2D eigenvalue weighted by molar-refractivity contribution is 0.0155. The Hall–Kier alpha value is -1.70. The zero-order valence-corrected chi connectivity index (χ0v) is 13.6. The number of nitrogens with zero attached hydrogens (tertiary/aromatic N) is 3. The van der Waals surface area contributed by atoms with E-state index in [9.17, 15) is 10.4 Å². The first-order valence-corrected chi connectivity index (χ1v) is 8.66. The highest BCUT2D eigenvalue weighted by molar-refractivity contribution is 6.03. The molecule has 3 aliphatic heterocycles. The van der Waals surface area contributed by atoms with Crippen LogP contribution in [0.2, 0.25) is 0 Å². The van der Waals surface area contributed by atoms with Crippen LogP contribution in [-0.2, 0) is 5.60 Å². The minimum atomic E-state index is -1.08. The average Bonchev–Trinajstić information content (AvgIpc) is 2.87. The minimum Gasteiger partial charge on any atom is -0.379 e. The molecule has 0 amide bonds. The second-order valence-electron chi connectivity index (χ2n) is 7.28. The van der Waals surface area contributed by atoms with Crippen molar-refractivity contribution in [2.75, 3.05) is 19.6 Å². The summed E-state index contributed by atoms with van der Waals surface area (Å²) in [7, 11) is 0. The van der Waals surface area contributed by atoms with Gasteiger partial charge in [-0.2, -0.15) is 5.26 Å². The van der Waals surface area contributed by atoms with Crippen LogP contribution in [0.4, 0.5) is 5.69 Å². The molecule has 4 atom stereocenters. The molecule has 4 nitrogen and oxygen atoms in total. The van der Waals surface area contributed by atoms with Gasteiger partial charge in [0.2, 0.25) is 0 Å². The maximum absolute atomic E-state index is 11.5. The normalized spacial score (nSPS) is 38.6. The summed E-state index contributed by atoms with van der Waals surface area (Å²) in [6.45, 7) is 5.07. The lowest BCUT2D eigenvalue weighted by Gasteiger charge is -2.49. The number of hydrogen-bond acceptors (Lipinski definition) is 4. The van der Waals surface area contributed by atoms with Crippen LogP contribution < -0.4 is 0 Å². The van der Waals surface area contributed by atoms with Gasteiger partial charge in [0.05, 0.1) is 23.4 Å². The molecule has 1 aromatic rings. The molecule has 120 valence electrons. The first kappa shape index (κ1) is 14.9. The standard InChI is InChI=1S/C19H23N3O/c1-2-18-8-5-10-22(13-18)11-9-19(23)14-6-3-4-7-16(14)21-17(19)15(18)12-20/h3-4,6-7,15,23H,2,5,8-11,13H2,1H3/t15-,18-,19?/m1/s1. The van der Waals surface area contributed by atoms with Crippen LogP contribution in [0.15, 0.2) is 29.3 Å². The molecule has 2 bridgehead atoms. The molecule has 3 heterocycles. The maximum atomic E-state index is 11.5. The number of para-hydroxylation sites is 1. The van der Waals surface area contributed by atoms with E-state index in [4.69, 9.17) is 4.99 Å².